The van der Waals surface area contributed by atoms with Gasteiger partial charge in [0.15, 0.2) is 0 Å². The van der Waals surface area contributed by atoms with Gasteiger partial charge in [-0.1, -0.05) is 30.3 Å². The Kier molecular flexibility index (Phi) is 6.71. The summed E-state index contributed by atoms with van der Waals surface area (Å²) >= 11 is 0. The zero-order valence-corrected chi connectivity index (χ0v) is 16.0. The molecule has 1 saturated heterocycles. The van der Waals surface area contributed by atoms with Crippen LogP contribution < -0.4 is 9.47 Å². The van der Waals surface area contributed by atoms with Crippen molar-refractivity contribution in [1.29, 1.82) is 0 Å². The molecule has 144 valence electrons. The van der Waals surface area contributed by atoms with Gasteiger partial charge in [-0.15, -0.1) is 0 Å². The quantitative estimate of drug-likeness (QED) is 0.745. The number of carbonyl (C=O) groups excluding carboxylic acids is 1. The maximum atomic E-state index is 13.0. The van der Waals surface area contributed by atoms with E-state index in [4.69, 9.17) is 14.2 Å². The van der Waals surface area contributed by atoms with Crippen LogP contribution in [0.25, 0.3) is 0 Å². The molecule has 2 aromatic rings. The molecule has 5 heteroatoms. The van der Waals surface area contributed by atoms with Crippen LogP contribution in [0.4, 0.5) is 0 Å². The van der Waals surface area contributed by atoms with Gasteiger partial charge in [0, 0.05) is 19.2 Å². The standard InChI is InChI=1S/C22H27NO4/c1-25-19-10-11-20(21(13-19)26-2)22(24)23-12-6-9-18(14-23)16-27-15-17-7-4-3-5-8-17/h3-5,7-8,10-11,13,18H,6,9,12,14-16H2,1-2H3. The van der Waals surface area contributed by atoms with Gasteiger partial charge in [-0.2, -0.15) is 0 Å². The highest BCUT2D eigenvalue weighted by atomic mass is 16.5. The van der Waals surface area contributed by atoms with Crippen molar-refractivity contribution in [2.75, 3.05) is 33.9 Å². The number of amides is 1. The molecule has 1 heterocycles. The Bertz CT molecular complexity index is 747. The highest BCUT2D eigenvalue weighted by molar-refractivity contribution is 5.97. The number of nitrogens with zero attached hydrogens (tertiary/aromatic N) is 1. The summed E-state index contributed by atoms with van der Waals surface area (Å²) in [5, 5.41) is 0. The van der Waals surface area contributed by atoms with Gasteiger partial charge >= 0.3 is 0 Å². The second-order valence-electron chi connectivity index (χ2n) is 6.83. The van der Waals surface area contributed by atoms with Gasteiger partial charge in [0.25, 0.3) is 5.91 Å². The summed E-state index contributed by atoms with van der Waals surface area (Å²) in [6.07, 6.45) is 2.07. The van der Waals surface area contributed by atoms with Crippen LogP contribution >= 0.6 is 0 Å². The molecule has 1 amide bonds. The first-order chi connectivity index (χ1) is 13.2. The molecule has 1 atom stereocenters. The van der Waals surface area contributed by atoms with Crippen molar-refractivity contribution in [3.05, 3.63) is 59.7 Å². The van der Waals surface area contributed by atoms with Crippen molar-refractivity contribution in [3.63, 3.8) is 0 Å². The Morgan fingerprint density at radius 1 is 1.11 bits per heavy atom. The third-order valence-electron chi connectivity index (χ3n) is 4.91. The molecule has 3 rings (SSSR count). The van der Waals surface area contributed by atoms with E-state index in [2.05, 4.69) is 12.1 Å². The average molecular weight is 369 g/mol. The van der Waals surface area contributed by atoms with Gasteiger partial charge in [0.1, 0.15) is 11.5 Å². The number of rotatable bonds is 7. The molecule has 1 aliphatic rings. The van der Waals surface area contributed by atoms with Crippen LogP contribution in [0.5, 0.6) is 11.5 Å². The van der Waals surface area contributed by atoms with E-state index in [0.29, 0.717) is 42.7 Å². The van der Waals surface area contributed by atoms with Crippen molar-refractivity contribution >= 4 is 5.91 Å². The van der Waals surface area contributed by atoms with Crippen molar-refractivity contribution in [2.24, 2.45) is 5.92 Å². The second-order valence-corrected chi connectivity index (χ2v) is 6.83. The molecule has 0 aromatic heterocycles. The highest BCUT2D eigenvalue weighted by Crippen LogP contribution is 2.27. The van der Waals surface area contributed by atoms with Crippen molar-refractivity contribution in [3.8, 4) is 11.5 Å². The van der Waals surface area contributed by atoms with Gasteiger partial charge in [-0.3, -0.25) is 4.79 Å². The number of ether oxygens (including phenoxy) is 3. The topological polar surface area (TPSA) is 48.0 Å². The summed E-state index contributed by atoms with van der Waals surface area (Å²) in [4.78, 5) is 14.9. The van der Waals surface area contributed by atoms with E-state index in [1.165, 1.54) is 5.56 Å². The highest BCUT2D eigenvalue weighted by Gasteiger charge is 2.26. The van der Waals surface area contributed by atoms with E-state index in [1.807, 2.05) is 23.1 Å². The fourth-order valence-corrected chi connectivity index (χ4v) is 3.45. The minimum Gasteiger partial charge on any atom is -0.497 e. The SMILES string of the molecule is COc1ccc(C(=O)N2CCCC(COCc3ccccc3)C2)c(OC)c1. The summed E-state index contributed by atoms with van der Waals surface area (Å²) in [6.45, 7) is 2.75. The molecule has 0 aliphatic carbocycles. The lowest BCUT2D eigenvalue weighted by atomic mass is 9.98. The average Bonchev–Trinajstić information content (AvgIpc) is 2.73. The fourth-order valence-electron chi connectivity index (χ4n) is 3.45. The van der Waals surface area contributed by atoms with Crippen LogP contribution in [0.3, 0.4) is 0 Å². The number of piperidine rings is 1. The van der Waals surface area contributed by atoms with Crippen LogP contribution in [0, 0.1) is 5.92 Å². The van der Waals surface area contributed by atoms with Gasteiger partial charge in [0.05, 0.1) is 33.0 Å². The molecule has 0 spiro atoms. The van der Waals surface area contributed by atoms with E-state index in [-0.39, 0.29) is 5.91 Å². The van der Waals surface area contributed by atoms with E-state index in [9.17, 15) is 4.79 Å². The Hall–Kier alpha value is -2.53. The van der Waals surface area contributed by atoms with Gasteiger partial charge in [0.2, 0.25) is 0 Å². The lowest BCUT2D eigenvalue weighted by Gasteiger charge is -2.33. The first-order valence-corrected chi connectivity index (χ1v) is 9.34. The van der Waals surface area contributed by atoms with Crippen LogP contribution in [-0.4, -0.2) is 44.7 Å². The molecule has 0 saturated carbocycles. The lowest BCUT2D eigenvalue weighted by Crippen LogP contribution is -2.41. The third kappa shape index (κ3) is 5.01. The van der Waals surface area contributed by atoms with Crippen LogP contribution in [0.1, 0.15) is 28.8 Å². The summed E-state index contributed by atoms with van der Waals surface area (Å²) in [5.74, 6) is 1.58. The summed E-state index contributed by atoms with van der Waals surface area (Å²) < 4.78 is 16.5. The molecule has 27 heavy (non-hydrogen) atoms. The largest absolute Gasteiger partial charge is 0.497 e. The Balaban J connectivity index is 1.58. The van der Waals surface area contributed by atoms with Crippen molar-refractivity contribution in [2.45, 2.75) is 19.4 Å². The van der Waals surface area contributed by atoms with E-state index in [1.54, 1.807) is 32.4 Å². The number of carbonyl (C=O) groups is 1. The Labute approximate surface area is 160 Å². The number of likely N-dealkylation sites (tertiary alicyclic amines) is 1. The van der Waals surface area contributed by atoms with Gasteiger partial charge < -0.3 is 19.1 Å². The Morgan fingerprint density at radius 2 is 1.93 bits per heavy atom. The first-order valence-electron chi connectivity index (χ1n) is 9.34. The predicted octanol–water partition coefficient (Wildman–Crippen LogP) is 3.77. The molecular weight excluding hydrogens is 342 g/mol. The summed E-state index contributed by atoms with van der Waals surface area (Å²) in [6, 6.07) is 15.5. The van der Waals surface area contributed by atoms with Crippen molar-refractivity contribution in [1.82, 2.24) is 4.90 Å². The van der Waals surface area contributed by atoms with E-state index < -0.39 is 0 Å². The second kappa shape index (κ2) is 9.42. The normalized spacial score (nSPS) is 16.8. The molecule has 0 N–H and O–H groups in total. The maximum Gasteiger partial charge on any atom is 0.257 e. The zero-order chi connectivity index (χ0) is 19.1. The molecule has 2 aromatic carbocycles. The number of hydrogen-bond donors (Lipinski definition) is 0. The molecule has 5 nitrogen and oxygen atoms in total. The van der Waals surface area contributed by atoms with E-state index >= 15 is 0 Å². The third-order valence-corrected chi connectivity index (χ3v) is 4.91. The Morgan fingerprint density at radius 3 is 2.67 bits per heavy atom. The first kappa shape index (κ1) is 19.2. The molecule has 1 unspecified atom stereocenters. The van der Waals surface area contributed by atoms with Crippen LogP contribution in [-0.2, 0) is 11.3 Å². The maximum absolute atomic E-state index is 13.0. The van der Waals surface area contributed by atoms with Crippen LogP contribution in [0.2, 0.25) is 0 Å². The molecule has 1 aliphatic heterocycles. The minimum atomic E-state index is 0.00209. The molecule has 1 fully saturated rings. The zero-order valence-electron chi connectivity index (χ0n) is 16.0. The number of hydrogen-bond acceptors (Lipinski definition) is 4. The number of benzene rings is 2. The van der Waals surface area contributed by atoms with Crippen LogP contribution in [0.15, 0.2) is 48.5 Å². The fraction of sp³-hybridized carbons (Fsp3) is 0.409. The smallest absolute Gasteiger partial charge is 0.257 e. The number of methoxy groups -OCH3 is 2. The monoisotopic (exact) mass is 369 g/mol. The lowest BCUT2D eigenvalue weighted by molar-refractivity contribution is 0.0424. The van der Waals surface area contributed by atoms with E-state index in [0.717, 1.165) is 19.4 Å². The van der Waals surface area contributed by atoms with Crippen molar-refractivity contribution < 1.29 is 19.0 Å². The van der Waals surface area contributed by atoms with Gasteiger partial charge in [-0.05, 0) is 36.5 Å². The summed E-state index contributed by atoms with van der Waals surface area (Å²) in [7, 11) is 3.17. The predicted molar refractivity (Wildman–Crippen MR) is 104 cm³/mol. The molecular formula is C22H27NO4. The summed E-state index contributed by atoms with van der Waals surface area (Å²) in [5.41, 5.74) is 1.74. The molecule has 0 bridgehead atoms. The minimum absolute atomic E-state index is 0.00209. The van der Waals surface area contributed by atoms with Gasteiger partial charge in [-0.25, -0.2) is 0 Å². The molecule has 0 radical (unpaired) electrons.